The van der Waals surface area contributed by atoms with Crippen LogP contribution in [0.4, 0.5) is 0 Å². The van der Waals surface area contributed by atoms with E-state index in [2.05, 4.69) is 68.9 Å². The minimum atomic E-state index is -1.32. The first-order valence-corrected chi connectivity index (χ1v) is 13.1. The second-order valence-electron chi connectivity index (χ2n) is 6.80. The van der Waals surface area contributed by atoms with E-state index in [0.717, 1.165) is 0 Å². The molecule has 4 heteroatoms. The van der Waals surface area contributed by atoms with Gasteiger partial charge >= 0.3 is 0 Å². The summed E-state index contributed by atoms with van der Waals surface area (Å²) in [6, 6.07) is 0. The zero-order valence-corrected chi connectivity index (χ0v) is 14.0. The largest absolute Gasteiger partial charge is 0.395 e. The Kier molecular flexibility index (Phi) is 3.55. The fraction of sp³-hybridized carbons (Fsp3) is 0.750. The van der Waals surface area contributed by atoms with E-state index in [-0.39, 0.29) is 0 Å². The number of aliphatic imine (C=N–C) groups is 1. The van der Waals surface area contributed by atoms with Gasteiger partial charge in [-0.1, -0.05) is 39.3 Å². The van der Waals surface area contributed by atoms with E-state index in [1.165, 1.54) is 11.4 Å². The van der Waals surface area contributed by atoms with Crippen LogP contribution in [0.3, 0.4) is 0 Å². The van der Waals surface area contributed by atoms with Gasteiger partial charge in [0.1, 0.15) is 8.24 Å². The van der Waals surface area contributed by atoms with Gasteiger partial charge < -0.3 is 4.57 Å². The maximum atomic E-state index is 4.59. The highest BCUT2D eigenvalue weighted by atomic mass is 28.3. The predicted molar refractivity (Wildman–Crippen MR) is 79.2 cm³/mol. The highest BCUT2D eigenvalue weighted by Gasteiger charge is 2.39. The van der Waals surface area contributed by atoms with Crippen LogP contribution in [0.2, 0.25) is 39.3 Å². The fourth-order valence-electron chi connectivity index (χ4n) is 2.26. The normalized spacial score (nSPS) is 23.0. The average Bonchev–Trinajstić information content (AvgIpc) is 2.05. The van der Waals surface area contributed by atoms with E-state index < -0.39 is 16.3 Å². The standard InChI is InChI=1S/C12H26N2Si2/c1-10-11(2)14(16(6,7)8)12(9-13-10)15(3,4)5/h9,12H,1-8H3. The number of hydrogen-bond donors (Lipinski definition) is 0. The first kappa shape index (κ1) is 13.7. The Morgan fingerprint density at radius 1 is 1.06 bits per heavy atom. The lowest BCUT2D eigenvalue weighted by Crippen LogP contribution is -2.61. The van der Waals surface area contributed by atoms with E-state index in [1.54, 1.807) is 0 Å². The van der Waals surface area contributed by atoms with Gasteiger partial charge in [-0.2, -0.15) is 0 Å². The Morgan fingerprint density at radius 3 is 1.94 bits per heavy atom. The zero-order chi connectivity index (χ0) is 12.7. The van der Waals surface area contributed by atoms with Crippen molar-refractivity contribution in [3.63, 3.8) is 0 Å². The second kappa shape index (κ2) is 4.15. The highest BCUT2D eigenvalue weighted by Crippen LogP contribution is 2.29. The van der Waals surface area contributed by atoms with Gasteiger partial charge in [-0.15, -0.1) is 0 Å². The molecule has 0 amide bonds. The van der Waals surface area contributed by atoms with Gasteiger partial charge in [0.25, 0.3) is 0 Å². The summed E-state index contributed by atoms with van der Waals surface area (Å²) in [4.78, 5) is 4.59. The van der Waals surface area contributed by atoms with Gasteiger partial charge in [0.2, 0.25) is 0 Å². The molecule has 1 aliphatic heterocycles. The molecule has 0 saturated carbocycles. The molecule has 1 aliphatic rings. The Morgan fingerprint density at radius 2 is 1.56 bits per heavy atom. The van der Waals surface area contributed by atoms with E-state index in [1.807, 2.05) is 0 Å². The Hall–Kier alpha value is -0.356. The van der Waals surface area contributed by atoms with Crippen LogP contribution in [0.1, 0.15) is 13.8 Å². The molecule has 0 aromatic heterocycles. The number of nitrogens with zero attached hydrogens (tertiary/aromatic N) is 2. The minimum absolute atomic E-state index is 0.572. The van der Waals surface area contributed by atoms with Crippen LogP contribution in [0.15, 0.2) is 16.4 Å². The van der Waals surface area contributed by atoms with Crippen molar-refractivity contribution in [3.8, 4) is 0 Å². The van der Waals surface area contributed by atoms with E-state index in [4.69, 9.17) is 0 Å². The first-order valence-electron chi connectivity index (χ1n) is 6.06. The van der Waals surface area contributed by atoms with Crippen molar-refractivity contribution in [2.24, 2.45) is 4.99 Å². The fourth-order valence-corrected chi connectivity index (χ4v) is 8.14. The number of hydrogen-bond acceptors (Lipinski definition) is 2. The molecule has 0 saturated heterocycles. The lowest BCUT2D eigenvalue weighted by molar-refractivity contribution is 0.526. The van der Waals surface area contributed by atoms with Crippen molar-refractivity contribution in [2.45, 2.75) is 58.8 Å². The topological polar surface area (TPSA) is 15.6 Å². The summed E-state index contributed by atoms with van der Waals surface area (Å²) < 4.78 is 2.70. The van der Waals surface area contributed by atoms with Crippen LogP contribution in [0.25, 0.3) is 0 Å². The number of allylic oxidation sites excluding steroid dienone is 2. The molecule has 0 spiro atoms. The molecular formula is C12H26N2Si2. The van der Waals surface area contributed by atoms with Gasteiger partial charge in [-0.3, -0.25) is 4.99 Å². The van der Waals surface area contributed by atoms with Crippen molar-refractivity contribution < 1.29 is 0 Å². The van der Waals surface area contributed by atoms with Crippen LogP contribution in [-0.4, -0.2) is 32.8 Å². The third-order valence-electron chi connectivity index (χ3n) is 3.18. The zero-order valence-electron chi connectivity index (χ0n) is 12.0. The van der Waals surface area contributed by atoms with Gasteiger partial charge in [0.15, 0.2) is 0 Å². The molecule has 0 N–H and O–H groups in total. The second-order valence-corrected chi connectivity index (χ2v) is 16.9. The van der Waals surface area contributed by atoms with Crippen molar-refractivity contribution in [1.29, 1.82) is 0 Å². The van der Waals surface area contributed by atoms with E-state index in [9.17, 15) is 0 Å². The molecule has 0 fully saturated rings. The summed E-state index contributed by atoms with van der Waals surface area (Å²) in [6.45, 7) is 18.9. The SMILES string of the molecule is CC1=C(C)N([Si](C)(C)C)C([Si](C)(C)C)C=N1. The lowest BCUT2D eigenvalue weighted by atomic mass is 10.3. The van der Waals surface area contributed by atoms with Gasteiger partial charge in [0, 0.05) is 17.6 Å². The molecule has 0 radical (unpaired) electrons. The quantitative estimate of drug-likeness (QED) is 0.686. The average molecular weight is 255 g/mol. The molecule has 0 bridgehead atoms. The molecule has 92 valence electrons. The van der Waals surface area contributed by atoms with E-state index in [0.29, 0.717) is 5.67 Å². The smallest absolute Gasteiger partial charge is 0.147 e. The molecule has 1 rings (SSSR count). The van der Waals surface area contributed by atoms with Crippen molar-refractivity contribution in [3.05, 3.63) is 11.4 Å². The summed E-state index contributed by atoms with van der Waals surface area (Å²) in [7, 11) is -2.54. The van der Waals surface area contributed by atoms with Gasteiger partial charge in [0.05, 0.1) is 13.8 Å². The molecule has 1 heterocycles. The van der Waals surface area contributed by atoms with Crippen LogP contribution < -0.4 is 0 Å². The van der Waals surface area contributed by atoms with Gasteiger partial charge in [-0.05, 0) is 13.8 Å². The lowest BCUT2D eigenvalue weighted by Gasteiger charge is -2.48. The molecule has 1 atom stereocenters. The molecule has 0 aromatic carbocycles. The minimum Gasteiger partial charge on any atom is -0.395 e. The summed E-state index contributed by atoms with van der Waals surface area (Å²) in [5, 5.41) is 0. The predicted octanol–water partition coefficient (Wildman–Crippen LogP) is 3.71. The monoisotopic (exact) mass is 254 g/mol. The van der Waals surface area contributed by atoms with Gasteiger partial charge in [-0.25, -0.2) is 0 Å². The molecular weight excluding hydrogens is 228 g/mol. The highest BCUT2D eigenvalue weighted by molar-refractivity contribution is 6.83. The van der Waals surface area contributed by atoms with Crippen LogP contribution in [-0.2, 0) is 0 Å². The Labute approximate surface area is 103 Å². The number of rotatable bonds is 2. The summed E-state index contributed by atoms with van der Waals surface area (Å²) in [5.41, 5.74) is 3.16. The first-order chi connectivity index (χ1) is 7.05. The summed E-state index contributed by atoms with van der Waals surface area (Å²) in [6.07, 6.45) is 2.20. The third kappa shape index (κ3) is 2.66. The molecule has 2 nitrogen and oxygen atoms in total. The molecule has 0 aromatic rings. The maximum absolute atomic E-state index is 4.59. The molecule has 0 aliphatic carbocycles. The van der Waals surface area contributed by atoms with Crippen LogP contribution in [0, 0.1) is 0 Å². The summed E-state index contributed by atoms with van der Waals surface area (Å²) >= 11 is 0. The van der Waals surface area contributed by atoms with Crippen molar-refractivity contribution in [1.82, 2.24) is 4.57 Å². The molecule has 1 unspecified atom stereocenters. The Balaban J connectivity index is 3.20. The van der Waals surface area contributed by atoms with Crippen molar-refractivity contribution >= 4 is 22.5 Å². The Bertz CT molecular complexity index is 332. The summed E-state index contributed by atoms with van der Waals surface area (Å²) in [5.74, 6) is 0. The van der Waals surface area contributed by atoms with Crippen molar-refractivity contribution in [2.75, 3.05) is 0 Å². The third-order valence-corrected chi connectivity index (χ3v) is 7.68. The van der Waals surface area contributed by atoms with Crippen LogP contribution in [0.5, 0.6) is 0 Å². The van der Waals surface area contributed by atoms with E-state index >= 15 is 0 Å². The van der Waals surface area contributed by atoms with Crippen LogP contribution >= 0.6 is 0 Å². The maximum Gasteiger partial charge on any atom is 0.147 e. The molecule has 16 heavy (non-hydrogen) atoms.